The number of unbranched alkanes of at least 4 members (excludes halogenated alkanes) is 1. The Labute approximate surface area is 160 Å². The fourth-order valence-corrected chi connectivity index (χ4v) is 2.72. The van der Waals surface area contributed by atoms with Crippen molar-refractivity contribution in [3.05, 3.63) is 30.0 Å². The molecule has 6 nitrogen and oxygen atoms in total. The van der Waals surface area contributed by atoms with Gasteiger partial charge in [-0.1, -0.05) is 13.3 Å². The van der Waals surface area contributed by atoms with Gasteiger partial charge in [0.2, 0.25) is 0 Å². The van der Waals surface area contributed by atoms with Crippen molar-refractivity contribution in [3.63, 3.8) is 0 Å². The Morgan fingerprint density at radius 1 is 1.11 bits per heavy atom. The number of esters is 2. The lowest BCUT2D eigenvalue weighted by Crippen LogP contribution is -2.27. The van der Waals surface area contributed by atoms with Crippen molar-refractivity contribution in [2.75, 3.05) is 13.2 Å². The first-order chi connectivity index (χ1) is 12.7. The number of ether oxygens (including phenoxy) is 3. The molecule has 0 amide bonds. The lowest BCUT2D eigenvalue weighted by Gasteiger charge is -2.20. The zero-order valence-corrected chi connectivity index (χ0v) is 16.8. The fourth-order valence-electron chi connectivity index (χ4n) is 2.72. The van der Waals surface area contributed by atoms with Crippen LogP contribution in [0, 0.1) is 0 Å². The summed E-state index contributed by atoms with van der Waals surface area (Å²) < 4.78 is 17.9. The average Bonchev–Trinajstić information content (AvgIpc) is 2.91. The van der Waals surface area contributed by atoms with E-state index in [4.69, 9.17) is 14.2 Å². The predicted octanol–water partition coefficient (Wildman–Crippen LogP) is 4.34. The molecule has 6 heteroatoms. The summed E-state index contributed by atoms with van der Waals surface area (Å²) in [5, 5.41) is 0.815. The van der Waals surface area contributed by atoms with Crippen molar-refractivity contribution in [2.45, 2.75) is 59.6 Å². The predicted molar refractivity (Wildman–Crippen MR) is 104 cm³/mol. The highest BCUT2D eigenvalue weighted by Crippen LogP contribution is 2.26. The molecule has 0 saturated carbocycles. The number of aromatic nitrogens is 1. The van der Waals surface area contributed by atoms with Gasteiger partial charge in [0, 0.05) is 10.9 Å². The standard InChI is InChI=1S/C21H29NO5/c1-6-8-11-26-16-9-10-17-15(12-16)13-18(20(24)25-7-2)22(17)14-19(23)27-21(3,4)5/h9-10,12-13H,6-8,11,14H2,1-5H3. The highest BCUT2D eigenvalue weighted by Gasteiger charge is 2.22. The molecule has 2 aromatic rings. The van der Waals surface area contributed by atoms with Crippen LogP contribution in [-0.4, -0.2) is 35.3 Å². The van der Waals surface area contributed by atoms with Gasteiger partial charge in [-0.25, -0.2) is 4.79 Å². The Kier molecular flexibility index (Phi) is 6.88. The zero-order chi connectivity index (χ0) is 20.0. The summed E-state index contributed by atoms with van der Waals surface area (Å²) in [6, 6.07) is 7.30. The molecule has 148 valence electrons. The van der Waals surface area contributed by atoms with E-state index in [0.717, 1.165) is 29.5 Å². The van der Waals surface area contributed by atoms with Crippen LogP contribution in [0.1, 0.15) is 57.9 Å². The minimum Gasteiger partial charge on any atom is -0.494 e. The third-order valence-corrected chi connectivity index (χ3v) is 3.83. The summed E-state index contributed by atoms with van der Waals surface area (Å²) in [6.45, 7) is 10.1. The van der Waals surface area contributed by atoms with Crippen LogP contribution in [0.2, 0.25) is 0 Å². The molecule has 0 aliphatic heterocycles. The van der Waals surface area contributed by atoms with Gasteiger partial charge in [0.05, 0.1) is 13.2 Å². The Morgan fingerprint density at radius 3 is 2.48 bits per heavy atom. The molecule has 0 bridgehead atoms. The molecule has 2 rings (SSSR count). The van der Waals surface area contributed by atoms with E-state index in [1.807, 2.05) is 39.0 Å². The third kappa shape index (κ3) is 5.74. The van der Waals surface area contributed by atoms with E-state index in [1.165, 1.54) is 0 Å². The van der Waals surface area contributed by atoms with Crippen LogP contribution in [0.3, 0.4) is 0 Å². The first kappa shape index (κ1) is 20.8. The lowest BCUT2D eigenvalue weighted by molar-refractivity contribution is -0.155. The second-order valence-corrected chi connectivity index (χ2v) is 7.35. The number of carbonyl (C=O) groups is 2. The number of carbonyl (C=O) groups excluding carboxylic acids is 2. The lowest BCUT2D eigenvalue weighted by atomic mass is 10.2. The van der Waals surface area contributed by atoms with Gasteiger partial charge in [0.25, 0.3) is 0 Å². The monoisotopic (exact) mass is 375 g/mol. The van der Waals surface area contributed by atoms with Gasteiger partial charge in [-0.05, 0) is 58.4 Å². The molecule has 0 spiro atoms. The van der Waals surface area contributed by atoms with E-state index in [-0.39, 0.29) is 13.2 Å². The van der Waals surface area contributed by atoms with Gasteiger partial charge < -0.3 is 18.8 Å². The molecule has 0 unspecified atom stereocenters. The topological polar surface area (TPSA) is 66.8 Å². The molecule has 0 aliphatic carbocycles. The van der Waals surface area contributed by atoms with E-state index >= 15 is 0 Å². The number of hydrogen-bond acceptors (Lipinski definition) is 5. The van der Waals surface area contributed by atoms with E-state index in [1.54, 1.807) is 17.6 Å². The normalized spacial score (nSPS) is 11.4. The molecule has 0 radical (unpaired) electrons. The average molecular weight is 375 g/mol. The minimum absolute atomic E-state index is 0.0645. The Balaban J connectivity index is 2.37. The van der Waals surface area contributed by atoms with E-state index in [0.29, 0.717) is 12.3 Å². The van der Waals surface area contributed by atoms with Crippen molar-refractivity contribution in [2.24, 2.45) is 0 Å². The highest BCUT2D eigenvalue weighted by molar-refractivity contribution is 5.97. The first-order valence-corrected chi connectivity index (χ1v) is 9.40. The highest BCUT2D eigenvalue weighted by atomic mass is 16.6. The molecule has 0 atom stereocenters. The second-order valence-electron chi connectivity index (χ2n) is 7.35. The maximum Gasteiger partial charge on any atom is 0.354 e. The van der Waals surface area contributed by atoms with Crippen molar-refractivity contribution in [1.82, 2.24) is 4.57 Å². The zero-order valence-electron chi connectivity index (χ0n) is 16.8. The molecule has 0 aliphatic rings. The van der Waals surface area contributed by atoms with Gasteiger partial charge in [0.1, 0.15) is 23.6 Å². The summed E-state index contributed by atoms with van der Waals surface area (Å²) >= 11 is 0. The largest absolute Gasteiger partial charge is 0.494 e. The SMILES string of the molecule is CCCCOc1ccc2c(c1)cc(C(=O)OCC)n2CC(=O)OC(C)(C)C. The molecule has 1 aromatic heterocycles. The first-order valence-electron chi connectivity index (χ1n) is 9.40. The van der Waals surface area contributed by atoms with Gasteiger partial charge in [0.15, 0.2) is 0 Å². The summed E-state index contributed by atoms with van der Waals surface area (Å²) in [6.07, 6.45) is 2.04. The quantitative estimate of drug-likeness (QED) is 0.507. The molecule has 1 heterocycles. The maximum absolute atomic E-state index is 12.4. The molecule has 27 heavy (non-hydrogen) atoms. The number of nitrogens with zero attached hydrogens (tertiary/aromatic N) is 1. The Morgan fingerprint density at radius 2 is 1.85 bits per heavy atom. The van der Waals surface area contributed by atoms with E-state index in [2.05, 4.69) is 6.92 Å². The maximum atomic E-state index is 12.4. The second kappa shape index (κ2) is 8.93. The van der Waals surface area contributed by atoms with Crippen LogP contribution >= 0.6 is 0 Å². The molecule has 0 fully saturated rings. The Bertz CT molecular complexity index is 801. The number of fused-ring (bicyclic) bond motifs is 1. The van der Waals surface area contributed by atoms with Crippen LogP contribution in [0.4, 0.5) is 0 Å². The summed E-state index contributed by atoms with van der Waals surface area (Å²) in [5.41, 5.74) is 0.486. The summed E-state index contributed by atoms with van der Waals surface area (Å²) in [7, 11) is 0. The van der Waals surface area contributed by atoms with E-state index < -0.39 is 17.5 Å². The minimum atomic E-state index is -0.593. The van der Waals surface area contributed by atoms with Gasteiger partial charge in [-0.3, -0.25) is 4.79 Å². The third-order valence-electron chi connectivity index (χ3n) is 3.83. The number of benzene rings is 1. The van der Waals surface area contributed by atoms with Crippen LogP contribution in [0.5, 0.6) is 5.75 Å². The fraction of sp³-hybridized carbons (Fsp3) is 0.524. The summed E-state index contributed by atoms with van der Waals surface area (Å²) in [4.78, 5) is 24.7. The summed E-state index contributed by atoms with van der Waals surface area (Å²) in [5.74, 6) is -0.139. The molecule has 0 saturated heterocycles. The smallest absolute Gasteiger partial charge is 0.354 e. The van der Waals surface area contributed by atoms with E-state index in [9.17, 15) is 9.59 Å². The Hall–Kier alpha value is -2.50. The van der Waals surface area contributed by atoms with Crippen molar-refractivity contribution in [3.8, 4) is 5.75 Å². The van der Waals surface area contributed by atoms with Gasteiger partial charge >= 0.3 is 11.9 Å². The molecular formula is C21H29NO5. The van der Waals surface area contributed by atoms with Gasteiger partial charge in [-0.2, -0.15) is 0 Å². The van der Waals surface area contributed by atoms with Crippen molar-refractivity contribution >= 4 is 22.8 Å². The van der Waals surface area contributed by atoms with Crippen LogP contribution < -0.4 is 4.74 Å². The van der Waals surface area contributed by atoms with Crippen LogP contribution in [0.25, 0.3) is 10.9 Å². The van der Waals surface area contributed by atoms with Crippen LogP contribution in [0.15, 0.2) is 24.3 Å². The number of hydrogen-bond donors (Lipinski definition) is 0. The van der Waals surface area contributed by atoms with Crippen LogP contribution in [-0.2, 0) is 20.8 Å². The molecule has 0 N–H and O–H groups in total. The molecular weight excluding hydrogens is 346 g/mol. The molecule has 1 aromatic carbocycles. The van der Waals surface area contributed by atoms with Crippen molar-refractivity contribution < 1.29 is 23.8 Å². The number of rotatable bonds is 8. The van der Waals surface area contributed by atoms with Crippen molar-refractivity contribution in [1.29, 1.82) is 0 Å². The van der Waals surface area contributed by atoms with Gasteiger partial charge in [-0.15, -0.1) is 0 Å².